The second-order valence-corrected chi connectivity index (χ2v) is 4.12. The summed E-state index contributed by atoms with van der Waals surface area (Å²) in [7, 11) is 1.62. The minimum Gasteiger partial charge on any atom is -0.476 e. The summed E-state index contributed by atoms with van der Waals surface area (Å²) >= 11 is 0. The minimum absolute atomic E-state index is 0.242. The number of hydrogen-bond acceptors (Lipinski definition) is 5. The molecule has 0 bridgehead atoms. The van der Waals surface area contributed by atoms with Gasteiger partial charge in [-0.3, -0.25) is 4.79 Å². The summed E-state index contributed by atoms with van der Waals surface area (Å²) in [6.07, 6.45) is 0. The molecule has 112 valence electrons. The summed E-state index contributed by atoms with van der Waals surface area (Å²) < 4.78 is 0.984. The number of rotatable bonds is 4. The van der Waals surface area contributed by atoms with E-state index < -0.39 is 11.5 Å². The number of aromatic nitrogens is 2. The Labute approximate surface area is 124 Å². The number of benzene rings is 1. The lowest BCUT2D eigenvalue weighted by atomic mass is 10.2. The van der Waals surface area contributed by atoms with E-state index >= 15 is 0 Å². The van der Waals surface area contributed by atoms with E-state index in [0.29, 0.717) is 17.1 Å². The van der Waals surface area contributed by atoms with Crippen LogP contribution in [0.4, 0.5) is 0 Å². The predicted molar refractivity (Wildman–Crippen MR) is 77.5 cm³/mol. The lowest BCUT2D eigenvalue weighted by Gasteiger charge is -2.08. The van der Waals surface area contributed by atoms with Crippen molar-refractivity contribution in [2.75, 3.05) is 7.05 Å². The van der Waals surface area contributed by atoms with Crippen LogP contribution in [0.5, 0.6) is 0 Å². The van der Waals surface area contributed by atoms with Gasteiger partial charge < -0.3 is 10.4 Å². The minimum atomic E-state index is -1.23. The lowest BCUT2D eigenvalue weighted by molar-refractivity contribution is 0.0688. The van der Waals surface area contributed by atoms with Crippen LogP contribution in [0.15, 0.2) is 51.5 Å². The van der Waals surface area contributed by atoms with Crippen molar-refractivity contribution < 1.29 is 9.90 Å². The number of carboxylic acids is 1. The number of hydrogen-bond donors (Lipinski definition) is 3. The highest BCUT2D eigenvalue weighted by molar-refractivity contribution is 5.98. The zero-order valence-corrected chi connectivity index (χ0v) is 11.5. The first-order chi connectivity index (χ1) is 10.6. The molecule has 0 fully saturated rings. The summed E-state index contributed by atoms with van der Waals surface area (Å²) in [5.74, 6) is -0.894. The van der Waals surface area contributed by atoms with Crippen molar-refractivity contribution in [1.29, 1.82) is 5.53 Å². The van der Waals surface area contributed by atoms with Gasteiger partial charge in [0.15, 0.2) is 11.5 Å². The van der Waals surface area contributed by atoms with Crippen molar-refractivity contribution in [1.82, 2.24) is 15.1 Å². The molecule has 3 N–H and O–H groups in total. The maximum absolute atomic E-state index is 11.9. The van der Waals surface area contributed by atoms with Crippen LogP contribution >= 0.6 is 0 Å². The van der Waals surface area contributed by atoms with Crippen molar-refractivity contribution in [3.8, 4) is 5.69 Å². The molecular formula is C13H12N6O3. The first-order valence-corrected chi connectivity index (χ1v) is 6.13. The molecule has 0 radical (unpaired) electrons. The van der Waals surface area contributed by atoms with Crippen LogP contribution in [-0.2, 0) is 0 Å². The van der Waals surface area contributed by atoms with Crippen molar-refractivity contribution in [2.24, 2.45) is 10.3 Å². The molecule has 0 amide bonds. The van der Waals surface area contributed by atoms with Gasteiger partial charge in [0, 0.05) is 18.7 Å². The molecule has 9 nitrogen and oxygen atoms in total. The van der Waals surface area contributed by atoms with Crippen molar-refractivity contribution in [2.45, 2.75) is 0 Å². The Morgan fingerprint density at radius 1 is 1.36 bits per heavy atom. The quantitative estimate of drug-likeness (QED) is 0.333. The first kappa shape index (κ1) is 15.0. The van der Waals surface area contributed by atoms with Crippen molar-refractivity contribution >= 4 is 11.8 Å². The highest BCUT2D eigenvalue weighted by Crippen LogP contribution is 2.09. The molecule has 0 spiro atoms. The maximum atomic E-state index is 11.9. The largest absolute Gasteiger partial charge is 0.476 e. The number of aromatic carboxylic acids is 1. The van der Waals surface area contributed by atoms with Gasteiger partial charge in [-0.25, -0.2) is 4.79 Å². The topological polar surface area (TPSA) is 133 Å². The summed E-state index contributed by atoms with van der Waals surface area (Å²) in [4.78, 5) is 22.8. The van der Waals surface area contributed by atoms with Gasteiger partial charge in [0.05, 0.1) is 5.69 Å². The molecule has 9 heteroatoms. The summed E-state index contributed by atoms with van der Waals surface area (Å²) in [5, 5.41) is 22.1. The fourth-order valence-electron chi connectivity index (χ4n) is 1.80. The van der Waals surface area contributed by atoms with E-state index in [1.165, 1.54) is 0 Å². The smallest absolute Gasteiger partial charge is 0.356 e. The molecular weight excluding hydrogens is 288 g/mol. The molecule has 0 aliphatic heterocycles. The van der Waals surface area contributed by atoms with Crippen LogP contribution in [0.2, 0.25) is 0 Å². The third kappa shape index (κ3) is 3.03. The monoisotopic (exact) mass is 300 g/mol. The van der Waals surface area contributed by atoms with E-state index in [2.05, 4.69) is 20.7 Å². The average Bonchev–Trinajstić information content (AvgIpc) is 2.53. The average molecular weight is 300 g/mol. The van der Waals surface area contributed by atoms with Crippen LogP contribution in [0.1, 0.15) is 16.1 Å². The predicted octanol–water partition coefficient (Wildman–Crippen LogP) is 0.843. The van der Waals surface area contributed by atoms with Gasteiger partial charge in [0.25, 0.3) is 5.56 Å². The number of nitrogens with one attached hydrogen (secondary N) is 2. The van der Waals surface area contributed by atoms with Gasteiger partial charge in [-0.15, -0.1) is 5.10 Å². The molecule has 1 aromatic carbocycles. The van der Waals surface area contributed by atoms with Gasteiger partial charge in [-0.2, -0.15) is 15.3 Å². The van der Waals surface area contributed by atoms with Gasteiger partial charge in [-0.05, 0) is 18.2 Å². The molecule has 1 aromatic heterocycles. The molecule has 0 atom stereocenters. The Bertz CT molecular complexity index is 811. The standard InChI is InChI=1S/C13H12N6O3/c1-15-12(16-18-14)8-3-2-4-9(7-8)19-11(20)6-5-10(17-19)13(21)22/h2-7H,1H3,(H,21,22)(H2,14,15,16). The van der Waals surface area contributed by atoms with E-state index in [0.717, 1.165) is 16.8 Å². The second kappa shape index (κ2) is 6.39. The zero-order chi connectivity index (χ0) is 16.1. The van der Waals surface area contributed by atoms with Crippen molar-refractivity contribution in [3.05, 3.63) is 58.0 Å². The summed E-state index contributed by atoms with van der Waals surface area (Å²) in [6, 6.07) is 8.83. The van der Waals surface area contributed by atoms with Crippen LogP contribution in [-0.4, -0.2) is 33.7 Å². The zero-order valence-electron chi connectivity index (χ0n) is 11.5. The van der Waals surface area contributed by atoms with E-state index in [-0.39, 0.29) is 5.69 Å². The van der Waals surface area contributed by atoms with E-state index in [9.17, 15) is 9.59 Å². The Kier molecular flexibility index (Phi) is 4.37. The molecule has 2 rings (SSSR count). The molecule has 1 heterocycles. The van der Waals surface area contributed by atoms with Crippen LogP contribution in [0, 0.1) is 5.53 Å². The number of carbonyl (C=O) groups is 1. The van der Waals surface area contributed by atoms with Crippen LogP contribution in [0.25, 0.3) is 5.69 Å². The molecule has 22 heavy (non-hydrogen) atoms. The lowest BCUT2D eigenvalue weighted by Crippen LogP contribution is -2.24. The van der Waals surface area contributed by atoms with Crippen LogP contribution < -0.4 is 10.9 Å². The number of amidine groups is 1. The Balaban J connectivity index is 2.57. The fraction of sp³-hybridized carbons (Fsp3) is 0.0769. The molecule has 0 aliphatic carbocycles. The van der Waals surface area contributed by atoms with Gasteiger partial charge in [0.1, 0.15) is 0 Å². The van der Waals surface area contributed by atoms with Gasteiger partial charge in [0.2, 0.25) is 0 Å². The first-order valence-electron chi connectivity index (χ1n) is 6.13. The summed E-state index contributed by atoms with van der Waals surface area (Å²) in [6.45, 7) is 0. The van der Waals surface area contributed by atoms with Crippen LogP contribution in [0.3, 0.4) is 0 Å². The molecule has 2 aromatic rings. The Morgan fingerprint density at radius 3 is 2.77 bits per heavy atom. The summed E-state index contributed by atoms with van der Waals surface area (Å²) in [5.41, 5.74) is 7.02. The Morgan fingerprint density at radius 2 is 2.14 bits per heavy atom. The van der Waals surface area contributed by atoms with Gasteiger partial charge >= 0.3 is 5.97 Å². The van der Waals surface area contributed by atoms with Gasteiger partial charge in [-0.1, -0.05) is 17.4 Å². The van der Waals surface area contributed by atoms with E-state index in [1.807, 2.05) is 0 Å². The SMILES string of the molecule is CN/C(=N\N=N)c1cccc(-n2nc(C(=O)O)ccc2=O)c1. The number of nitrogens with zero attached hydrogens (tertiary/aromatic N) is 4. The van der Waals surface area contributed by atoms with E-state index in [1.54, 1.807) is 31.3 Å². The third-order valence-electron chi connectivity index (χ3n) is 2.77. The molecule has 0 saturated heterocycles. The third-order valence-corrected chi connectivity index (χ3v) is 2.77. The van der Waals surface area contributed by atoms with E-state index in [4.69, 9.17) is 10.6 Å². The highest BCUT2D eigenvalue weighted by atomic mass is 16.4. The van der Waals surface area contributed by atoms with Crippen molar-refractivity contribution in [3.63, 3.8) is 0 Å². The second-order valence-electron chi connectivity index (χ2n) is 4.12. The molecule has 0 saturated carbocycles. The molecule has 0 unspecified atom stereocenters. The molecule has 0 aliphatic rings. The normalized spacial score (nSPS) is 11.0. The number of carboxylic acid groups (broad SMARTS) is 1. The fourth-order valence-corrected chi connectivity index (χ4v) is 1.80. The highest BCUT2D eigenvalue weighted by Gasteiger charge is 2.10. The Hall–Kier alpha value is -3.36. The maximum Gasteiger partial charge on any atom is 0.356 e.